The highest BCUT2D eigenvalue weighted by molar-refractivity contribution is 7.92. The molecule has 2 N–H and O–H groups in total. The number of nitrogens with zero attached hydrogens (tertiary/aromatic N) is 1. The van der Waals surface area contributed by atoms with E-state index in [9.17, 15) is 26.7 Å². The number of rotatable bonds is 8. The number of aliphatic hydroxyl groups is 1. The van der Waals surface area contributed by atoms with Gasteiger partial charge in [-0.05, 0) is 30.7 Å². The lowest BCUT2D eigenvalue weighted by molar-refractivity contribution is -0.114. The Morgan fingerprint density at radius 2 is 1.88 bits per heavy atom. The van der Waals surface area contributed by atoms with Crippen LogP contribution in [0.5, 0.6) is 5.75 Å². The van der Waals surface area contributed by atoms with E-state index in [1.807, 2.05) is 0 Å². The van der Waals surface area contributed by atoms with E-state index in [0.29, 0.717) is 5.56 Å². The molecule has 0 aromatic heterocycles. The highest BCUT2D eigenvalue weighted by Gasteiger charge is 2.45. The molecule has 174 valence electrons. The maximum Gasteiger partial charge on any atom is 0.247 e. The average molecular weight is 483 g/mol. The number of sulfonamides is 1. The molecule has 0 spiro atoms. The van der Waals surface area contributed by atoms with Crippen molar-refractivity contribution in [2.24, 2.45) is 0 Å². The van der Waals surface area contributed by atoms with Crippen LogP contribution in [0.3, 0.4) is 0 Å². The number of hydrogen-bond acceptors (Lipinski definition) is 7. The van der Waals surface area contributed by atoms with Crippen molar-refractivity contribution >= 4 is 31.5 Å². The standard InChI is InChI=1S/C21H26N2O7S2/c1-3-30-20-10-9-17(22-15(2)24)11-21(20)32(28,29)23(12-16-7-5-4-6-8-16)18-13-31(26,27)14-19(18)25/h4-11,18-19,25H,3,12-14H2,1-2H3,(H,22,24). The first-order valence-corrected chi connectivity index (χ1v) is 13.3. The van der Waals surface area contributed by atoms with E-state index < -0.39 is 43.5 Å². The number of amides is 1. The van der Waals surface area contributed by atoms with Crippen LogP contribution in [-0.2, 0) is 31.2 Å². The molecule has 2 aromatic rings. The first-order chi connectivity index (χ1) is 15.0. The lowest BCUT2D eigenvalue weighted by atomic mass is 10.2. The Kier molecular flexibility index (Phi) is 7.23. The van der Waals surface area contributed by atoms with Gasteiger partial charge in [0.05, 0.1) is 30.3 Å². The van der Waals surface area contributed by atoms with Gasteiger partial charge in [-0.1, -0.05) is 30.3 Å². The Balaban J connectivity index is 2.13. The third-order valence-corrected chi connectivity index (χ3v) is 8.59. The molecule has 2 unspecified atom stereocenters. The number of ether oxygens (including phenoxy) is 1. The molecule has 11 heteroatoms. The van der Waals surface area contributed by atoms with Gasteiger partial charge in [-0.25, -0.2) is 16.8 Å². The van der Waals surface area contributed by atoms with Gasteiger partial charge in [0, 0.05) is 19.2 Å². The smallest absolute Gasteiger partial charge is 0.247 e. The molecule has 1 amide bonds. The van der Waals surface area contributed by atoms with Crippen molar-refractivity contribution in [3.05, 3.63) is 54.1 Å². The molecule has 32 heavy (non-hydrogen) atoms. The van der Waals surface area contributed by atoms with E-state index in [2.05, 4.69) is 5.32 Å². The molecule has 3 rings (SSSR count). The van der Waals surface area contributed by atoms with Gasteiger partial charge in [-0.3, -0.25) is 4.79 Å². The van der Waals surface area contributed by atoms with Crippen molar-refractivity contribution in [2.75, 3.05) is 23.4 Å². The summed E-state index contributed by atoms with van der Waals surface area (Å²) in [5, 5.41) is 13.0. The van der Waals surface area contributed by atoms with Crippen LogP contribution >= 0.6 is 0 Å². The molecule has 1 fully saturated rings. The summed E-state index contributed by atoms with van der Waals surface area (Å²) in [6.07, 6.45) is -1.37. The zero-order valence-electron chi connectivity index (χ0n) is 17.8. The van der Waals surface area contributed by atoms with Crippen LogP contribution in [0.15, 0.2) is 53.4 Å². The lowest BCUT2D eigenvalue weighted by Gasteiger charge is -2.30. The number of sulfone groups is 1. The third kappa shape index (κ3) is 5.47. The van der Waals surface area contributed by atoms with Crippen LogP contribution in [0.4, 0.5) is 5.69 Å². The number of anilines is 1. The highest BCUT2D eigenvalue weighted by Crippen LogP contribution is 2.34. The molecule has 2 atom stereocenters. The Hall–Kier alpha value is -2.47. The van der Waals surface area contributed by atoms with Gasteiger partial charge < -0.3 is 15.2 Å². The lowest BCUT2D eigenvalue weighted by Crippen LogP contribution is -2.46. The number of aliphatic hydroxyl groups excluding tert-OH is 1. The topological polar surface area (TPSA) is 130 Å². The van der Waals surface area contributed by atoms with Crippen molar-refractivity contribution in [3.63, 3.8) is 0 Å². The van der Waals surface area contributed by atoms with Crippen LogP contribution in [0, 0.1) is 0 Å². The second kappa shape index (κ2) is 9.57. The Labute approximate surface area is 188 Å². The molecule has 0 saturated carbocycles. The number of nitrogens with one attached hydrogen (secondary N) is 1. The highest BCUT2D eigenvalue weighted by atomic mass is 32.2. The summed E-state index contributed by atoms with van der Waals surface area (Å²) in [5.41, 5.74) is 0.877. The normalized spacial score (nSPS) is 20.2. The summed E-state index contributed by atoms with van der Waals surface area (Å²) in [6, 6.07) is 11.8. The van der Waals surface area contributed by atoms with Gasteiger partial charge in [0.1, 0.15) is 10.6 Å². The summed E-state index contributed by atoms with van der Waals surface area (Å²) < 4.78 is 58.5. The fraction of sp³-hybridized carbons (Fsp3) is 0.381. The van der Waals surface area contributed by atoms with Crippen molar-refractivity contribution in [2.45, 2.75) is 37.4 Å². The zero-order valence-corrected chi connectivity index (χ0v) is 19.4. The molecule has 1 aliphatic heterocycles. The van der Waals surface area contributed by atoms with Crippen LogP contribution in [-0.4, -0.2) is 62.4 Å². The predicted molar refractivity (Wildman–Crippen MR) is 120 cm³/mol. The molecular weight excluding hydrogens is 456 g/mol. The van der Waals surface area contributed by atoms with Crippen molar-refractivity contribution in [1.29, 1.82) is 0 Å². The molecule has 0 radical (unpaired) electrons. The quantitative estimate of drug-likeness (QED) is 0.581. The van der Waals surface area contributed by atoms with Gasteiger partial charge in [0.2, 0.25) is 15.9 Å². The first-order valence-electron chi connectivity index (χ1n) is 10.0. The Bertz CT molecular complexity index is 1180. The third-order valence-electron chi connectivity index (χ3n) is 5.00. The molecule has 1 saturated heterocycles. The predicted octanol–water partition coefficient (Wildman–Crippen LogP) is 1.39. The zero-order chi connectivity index (χ0) is 23.5. The summed E-state index contributed by atoms with van der Waals surface area (Å²) >= 11 is 0. The van der Waals surface area contributed by atoms with Gasteiger partial charge >= 0.3 is 0 Å². The molecule has 1 heterocycles. The summed E-state index contributed by atoms with van der Waals surface area (Å²) in [5.74, 6) is -1.32. The van der Waals surface area contributed by atoms with E-state index in [-0.39, 0.29) is 35.4 Å². The number of benzene rings is 2. The summed E-state index contributed by atoms with van der Waals surface area (Å²) in [4.78, 5) is 11.3. The molecule has 0 bridgehead atoms. The maximum absolute atomic E-state index is 13.8. The molecule has 1 aliphatic rings. The van der Waals surface area contributed by atoms with E-state index in [0.717, 1.165) is 4.31 Å². The van der Waals surface area contributed by atoms with Crippen LogP contribution < -0.4 is 10.1 Å². The minimum atomic E-state index is -4.34. The van der Waals surface area contributed by atoms with E-state index in [1.165, 1.54) is 25.1 Å². The van der Waals surface area contributed by atoms with Crippen LogP contribution in [0.2, 0.25) is 0 Å². The second-order valence-electron chi connectivity index (χ2n) is 7.52. The van der Waals surface area contributed by atoms with Crippen LogP contribution in [0.25, 0.3) is 0 Å². The molecule has 9 nitrogen and oxygen atoms in total. The summed E-state index contributed by atoms with van der Waals surface area (Å²) in [7, 11) is -7.96. The maximum atomic E-state index is 13.8. The van der Waals surface area contributed by atoms with Gasteiger partial charge in [-0.2, -0.15) is 4.31 Å². The molecular formula is C21H26N2O7S2. The SMILES string of the molecule is CCOc1ccc(NC(C)=O)cc1S(=O)(=O)N(Cc1ccccc1)C1CS(=O)(=O)CC1O. The molecule has 2 aromatic carbocycles. The fourth-order valence-corrected chi connectivity index (χ4v) is 7.32. The largest absolute Gasteiger partial charge is 0.492 e. The average Bonchev–Trinajstić information content (AvgIpc) is 2.99. The number of carbonyl (C=O) groups excluding carboxylic acids is 1. The number of carbonyl (C=O) groups is 1. The first kappa shape index (κ1) is 24.2. The second-order valence-corrected chi connectivity index (χ2v) is 11.5. The number of hydrogen-bond donors (Lipinski definition) is 2. The van der Waals surface area contributed by atoms with Crippen molar-refractivity contribution in [1.82, 2.24) is 4.31 Å². The van der Waals surface area contributed by atoms with E-state index >= 15 is 0 Å². The van der Waals surface area contributed by atoms with Gasteiger partial charge in [-0.15, -0.1) is 0 Å². The summed E-state index contributed by atoms with van der Waals surface area (Å²) in [6.45, 7) is 3.05. The van der Waals surface area contributed by atoms with Crippen LogP contribution in [0.1, 0.15) is 19.4 Å². The fourth-order valence-electron chi connectivity index (χ4n) is 3.62. The van der Waals surface area contributed by atoms with E-state index in [4.69, 9.17) is 4.74 Å². The monoisotopic (exact) mass is 482 g/mol. The van der Waals surface area contributed by atoms with Crippen molar-refractivity contribution < 1.29 is 31.5 Å². The minimum absolute atomic E-state index is 0.0648. The van der Waals surface area contributed by atoms with Gasteiger partial charge in [0.25, 0.3) is 0 Å². The molecule has 0 aliphatic carbocycles. The van der Waals surface area contributed by atoms with E-state index in [1.54, 1.807) is 37.3 Å². The van der Waals surface area contributed by atoms with Gasteiger partial charge in [0.15, 0.2) is 9.84 Å². The minimum Gasteiger partial charge on any atom is -0.492 e. The van der Waals surface area contributed by atoms with Crippen molar-refractivity contribution in [3.8, 4) is 5.75 Å². The Morgan fingerprint density at radius 1 is 1.19 bits per heavy atom. The Morgan fingerprint density at radius 3 is 2.44 bits per heavy atom.